The van der Waals surface area contributed by atoms with Gasteiger partial charge < -0.3 is 14.8 Å². The van der Waals surface area contributed by atoms with Crippen LogP contribution in [0.1, 0.15) is 18.6 Å². The molecule has 11 heteroatoms. The van der Waals surface area contributed by atoms with Crippen molar-refractivity contribution in [1.29, 1.82) is 0 Å². The lowest BCUT2D eigenvalue weighted by atomic mass is 10.0. The molecule has 1 N–H and O–H groups in total. The van der Waals surface area contributed by atoms with E-state index in [0.29, 0.717) is 0 Å². The molecule has 0 fully saturated rings. The summed E-state index contributed by atoms with van der Waals surface area (Å²) in [6.45, 7) is 0.470. The molecule has 0 aromatic heterocycles. The van der Waals surface area contributed by atoms with Crippen LogP contribution in [0.5, 0.6) is 0 Å². The summed E-state index contributed by atoms with van der Waals surface area (Å²) in [5, 5.41) is 2.23. The second-order valence-electron chi connectivity index (χ2n) is 5.13. The minimum absolute atomic E-state index is 0.0245. The SMILES string of the molecule is CCOC(=O)OC(c1ccc(S(C)(=O)=O)cc1)C(CF)NC(=O)C(Cl)Cl. The number of nitrogens with one attached hydrogen (secondary N) is 1. The molecule has 1 aromatic rings. The molecule has 0 saturated carbocycles. The van der Waals surface area contributed by atoms with E-state index in [0.717, 1.165) is 6.26 Å². The summed E-state index contributed by atoms with van der Waals surface area (Å²) in [5.41, 5.74) is 0.245. The van der Waals surface area contributed by atoms with Gasteiger partial charge in [0.25, 0.3) is 5.91 Å². The van der Waals surface area contributed by atoms with Crippen molar-refractivity contribution in [3.8, 4) is 0 Å². The quantitative estimate of drug-likeness (QED) is 0.503. The van der Waals surface area contributed by atoms with Gasteiger partial charge in [-0.15, -0.1) is 0 Å². The highest BCUT2D eigenvalue weighted by atomic mass is 35.5. The third-order valence-corrected chi connectivity index (χ3v) is 4.70. The van der Waals surface area contributed by atoms with Crippen LogP contribution < -0.4 is 5.32 Å². The fourth-order valence-electron chi connectivity index (χ4n) is 1.98. The van der Waals surface area contributed by atoms with Crippen molar-refractivity contribution in [1.82, 2.24) is 5.32 Å². The summed E-state index contributed by atoms with van der Waals surface area (Å²) in [6, 6.07) is 3.92. The van der Waals surface area contributed by atoms with Crippen LogP contribution in [0, 0.1) is 0 Å². The highest BCUT2D eigenvalue weighted by Gasteiger charge is 2.30. The Morgan fingerprint density at radius 2 is 1.81 bits per heavy atom. The van der Waals surface area contributed by atoms with Gasteiger partial charge in [-0.2, -0.15) is 0 Å². The number of hydrogen-bond acceptors (Lipinski definition) is 6. The Labute approximate surface area is 160 Å². The summed E-state index contributed by atoms with van der Waals surface area (Å²) < 4.78 is 46.3. The maximum absolute atomic E-state index is 13.5. The summed E-state index contributed by atoms with van der Waals surface area (Å²) in [5.74, 6) is -0.874. The molecular formula is C15H18Cl2FNO6S. The first-order chi connectivity index (χ1) is 12.1. The van der Waals surface area contributed by atoms with E-state index in [1.165, 1.54) is 24.3 Å². The molecule has 2 unspecified atom stereocenters. The zero-order chi connectivity index (χ0) is 19.9. The van der Waals surface area contributed by atoms with E-state index in [9.17, 15) is 22.4 Å². The third-order valence-electron chi connectivity index (χ3n) is 3.18. The van der Waals surface area contributed by atoms with E-state index in [1.807, 2.05) is 0 Å². The molecular weight excluding hydrogens is 412 g/mol. The van der Waals surface area contributed by atoms with Gasteiger partial charge in [0.1, 0.15) is 6.67 Å². The van der Waals surface area contributed by atoms with Gasteiger partial charge in [0.05, 0.1) is 17.5 Å². The van der Waals surface area contributed by atoms with Crippen molar-refractivity contribution >= 4 is 45.1 Å². The maximum Gasteiger partial charge on any atom is 0.508 e. The summed E-state index contributed by atoms with van der Waals surface area (Å²) in [4.78, 5) is 21.9. The number of carbonyl (C=O) groups is 2. The smallest absolute Gasteiger partial charge is 0.435 e. The molecule has 146 valence electrons. The Bertz CT molecular complexity index is 726. The highest BCUT2D eigenvalue weighted by molar-refractivity contribution is 7.90. The van der Waals surface area contributed by atoms with Crippen LogP contribution in [0.25, 0.3) is 0 Å². The van der Waals surface area contributed by atoms with Crippen LogP contribution in [0.3, 0.4) is 0 Å². The van der Waals surface area contributed by atoms with Gasteiger partial charge in [0, 0.05) is 6.26 Å². The van der Waals surface area contributed by atoms with Gasteiger partial charge in [-0.3, -0.25) is 4.79 Å². The lowest BCUT2D eigenvalue weighted by molar-refractivity contribution is -0.121. The fraction of sp³-hybridized carbons (Fsp3) is 0.467. The van der Waals surface area contributed by atoms with Crippen LogP contribution in [-0.4, -0.2) is 50.9 Å². The van der Waals surface area contributed by atoms with Crippen molar-refractivity contribution in [2.24, 2.45) is 0 Å². The standard InChI is InChI=1S/C15H18Cl2FNO6S/c1-3-24-15(21)25-12(11(8-18)19-14(20)13(16)17)9-4-6-10(7-5-9)26(2,22)23/h4-7,11-13H,3,8H2,1-2H3,(H,19,20). The number of ether oxygens (including phenoxy) is 2. The van der Waals surface area contributed by atoms with Gasteiger partial charge >= 0.3 is 6.16 Å². The first-order valence-electron chi connectivity index (χ1n) is 7.38. The van der Waals surface area contributed by atoms with Crippen LogP contribution in [0.15, 0.2) is 29.2 Å². The first-order valence-corrected chi connectivity index (χ1v) is 10.1. The van der Waals surface area contributed by atoms with Gasteiger partial charge in [-0.1, -0.05) is 35.3 Å². The van der Waals surface area contributed by atoms with Crippen LogP contribution >= 0.6 is 23.2 Å². The van der Waals surface area contributed by atoms with E-state index >= 15 is 0 Å². The Hall–Kier alpha value is -1.58. The molecule has 1 rings (SSSR count). The fourth-order valence-corrected chi connectivity index (χ4v) is 2.74. The molecule has 0 saturated heterocycles. The number of alkyl halides is 3. The number of amides is 1. The summed E-state index contributed by atoms with van der Waals surface area (Å²) >= 11 is 10.9. The predicted octanol–water partition coefficient (Wildman–Crippen LogP) is 2.56. The summed E-state index contributed by atoms with van der Waals surface area (Å²) in [6.07, 6.45) is -1.34. The zero-order valence-corrected chi connectivity index (χ0v) is 16.3. The average Bonchev–Trinajstić information content (AvgIpc) is 2.57. The van der Waals surface area contributed by atoms with Gasteiger partial charge in [0.2, 0.25) is 0 Å². The minimum atomic E-state index is -3.44. The van der Waals surface area contributed by atoms with E-state index in [4.69, 9.17) is 27.9 Å². The number of carbonyl (C=O) groups excluding carboxylic acids is 2. The van der Waals surface area contributed by atoms with Crippen molar-refractivity contribution in [2.75, 3.05) is 19.5 Å². The van der Waals surface area contributed by atoms with Gasteiger partial charge in [-0.25, -0.2) is 17.6 Å². The minimum Gasteiger partial charge on any atom is -0.435 e. The van der Waals surface area contributed by atoms with Crippen molar-refractivity contribution < 1.29 is 31.9 Å². The Morgan fingerprint density at radius 3 is 2.23 bits per heavy atom. The molecule has 7 nitrogen and oxygen atoms in total. The highest BCUT2D eigenvalue weighted by Crippen LogP contribution is 2.25. The monoisotopic (exact) mass is 429 g/mol. The van der Waals surface area contributed by atoms with Gasteiger partial charge in [-0.05, 0) is 24.6 Å². The number of hydrogen-bond donors (Lipinski definition) is 1. The number of halogens is 3. The largest absolute Gasteiger partial charge is 0.508 e. The second kappa shape index (κ2) is 9.94. The topological polar surface area (TPSA) is 98.8 Å². The molecule has 0 aliphatic heterocycles. The Morgan fingerprint density at radius 1 is 1.23 bits per heavy atom. The van der Waals surface area contributed by atoms with E-state index < -0.39 is 45.6 Å². The van der Waals surface area contributed by atoms with Crippen LogP contribution in [-0.2, 0) is 24.1 Å². The number of sulfone groups is 1. The molecule has 1 amide bonds. The number of rotatable bonds is 8. The molecule has 0 spiro atoms. The maximum atomic E-state index is 13.5. The normalized spacial score (nSPS) is 13.8. The summed E-state index contributed by atoms with van der Waals surface area (Å²) in [7, 11) is -3.44. The van der Waals surface area contributed by atoms with E-state index in [-0.39, 0.29) is 17.1 Å². The number of benzene rings is 1. The Balaban J connectivity index is 3.17. The molecule has 1 aromatic carbocycles. The van der Waals surface area contributed by atoms with E-state index in [2.05, 4.69) is 10.1 Å². The Kier molecular flexibility index (Phi) is 8.58. The van der Waals surface area contributed by atoms with Crippen molar-refractivity contribution in [2.45, 2.75) is 28.8 Å². The lowest BCUT2D eigenvalue weighted by Crippen LogP contribution is -2.44. The molecule has 26 heavy (non-hydrogen) atoms. The predicted molar refractivity (Wildman–Crippen MR) is 93.8 cm³/mol. The zero-order valence-electron chi connectivity index (χ0n) is 13.9. The third kappa shape index (κ3) is 6.62. The first kappa shape index (κ1) is 22.5. The average molecular weight is 430 g/mol. The molecule has 0 bridgehead atoms. The molecule has 0 heterocycles. The molecule has 0 aliphatic rings. The lowest BCUT2D eigenvalue weighted by Gasteiger charge is -2.26. The van der Waals surface area contributed by atoms with Crippen molar-refractivity contribution in [3.63, 3.8) is 0 Å². The second-order valence-corrected chi connectivity index (χ2v) is 8.24. The molecule has 0 radical (unpaired) electrons. The van der Waals surface area contributed by atoms with Crippen LogP contribution in [0.4, 0.5) is 9.18 Å². The van der Waals surface area contributed by atoms with Gasteiger partial charge in [0.15, 0.2) is 20.8 Å². The molecule has 2 atom stereocenters. The molecule has 0 aliphatic carbocycles. The van der Waals surface area contributed by atoms with E-state index in [1.54, 1.807) is 6.92 Å². The van der Waals surface area contributed by atoms with Crippen molar-refractivity contribution in [3.05, 3.63) is 29.8 Å². The van der Waals surface area contributed by atoms with Crippen LogP contribution in [0.2, 0.25) is 0 Å².